The Morgan fingerprint density at radius 1 is 1.21 bits per heavy atom. The molecule has 5 rings (SSSR count). The summed E-state index contributed by atoms with van der Waals surface area (Å²) < 4.78 is 8.55. The fourth-order valence-electron chi connectivity index (χ4n) is 4.09. The van der Waals surface area contributed by atoms with E-state index < -0.39 is 0 Å². The van der Waals surface area contributed by atoms with Gasteiger partial charge in [0.15, 0.2) is 5.16 Å². The lowest BCUT2D eigenvalue weighted by molar-refractivity contribution is -0.128. The molecule has 9 heteroatoms. The molecule has 7 nitrogen and oxygen atoms in total. The molecule has 0 unspecified atom stereocenters. The molecule has 0 bridgehead atoms. The molecule has 0 aliphatic carbocycles. The van der Waals surface area contributed by atoms with Crippen molar-refractivity contribution in [2.75, 3.05) is 19.4 Å². The normalized spacial score (nSPS) is 16.8. The van der Waals surface area contributed by atoms with Crippen LogP contribution in [0.2, 0.25) is 0 Å². The van der Waals surface area contributed by atoms with Crippen LogP contribution < -0.4 is 5.56 Å². The first-order valence-electron chi connectivity index (χ1n) is 11.4. The SMILES string of the molecule is C[C@@H](c1nc2ccccc2s1)N(C)C(=O)CSc1nc2ccccc2c(=O)n1C[C@H]1CCCO1. The standard InChI is InChI=1S/C25H26N4O3S2/c1-16(23-26-20-11-5-6-12-21(20)34-23)28(2)22(30)15-33-25-27-19-10-4-3-9-18(19)24(31)29(25)14-17-8-7-13-32-17/h3-6,9-12,16-17H,7-8,13-15H2,1-2H3/t16-,17+/m0/s1. The molecule has 2 aromatic carbocycles. The predicted molar refractivity (Wildman–Crippen MR) is 137 cm³/mol. The van der Waals surface area contributed by atoms with Crippen molar-refractivity contribution in [2.24, 2.45) is 0 Å². The van der Waals surface area contributed by atoms with Gasteiger partial charge in [0.1, 0.15) is 5.01 Å². The largest absolute Gasteiger partial charge is 0.376 e. The zero-order chi connectivity index (χ0) is 23.7. The first kappa shape index (κ1) is 23.0. The number of ether oxygens (including phenoxy) is 1. The molecule has 1 aliphatic rings. The van der Waals surface area contributed by atoms with Crippen molar-refractivity contribution in [3.8, 4) is 0 Å². The second kappa shape index (κ2) is 9.85. The lowest BCUT2D eigenvalue weighted by Crippen LogP contribution is -2.32. The number of benzene rings is 2. The molecule has 176 valence electrons. The van der Waals surface area contributed by atoms with Gasteiger partial charge in [-0.1, -0.05) is 36.0 Å². The van der Waals surface area contributed by atoms with Gasteiger partial charge in [0, 0.05) is 13.7 Å². The van der Waals surface area contributed by atoms with Crippen LogP contribution in [0.1, 0.15) is 30.8 Å². The van der Waals surface area contributed by atoms with E-state index in [0.29, 0.717) is 22.6 Å². The summed E-state index contributed by atoms with van der Waals surface area (Å²) >= 11 is 2.91. The van der Waals surface area contributed by atoms with Gasteiger partial charge in [-0.25, -0.2) is 9.97 Å². The molecular formula is C25H26N4O3S2. The van der Waals surface area contributed by atoms with Crippen molar-refractivity contribution >= 4 is 50.1 Å². The van der Waals surface area contributed by atoms with Crippen molar-refractivity contribution in [3.05, 3.63) is 63.9 Å². The number of aromatic nitrogens is 3. The third-order valence-electron chi connectivity index (χ3n) is 6.20. The lowest BCUT2D eigenvalue weighted by Gasteiger charge is -2.23. The van der Waals surface area contributed by atoms with Crippen LogP contribution in [0.15, 0.2) is 58.5 Å². The number of thioether (sulfide) groups is 1. The summed E-state index contributed by atoms with van der Waals surface area (Å²) in [7, 11) is 1.80. The smallest absolute Gasteiger partial charge is 0.262 e. The highest BCUT2D eigenvalue weighted by Crippen LogP contribution is 2.29. The van der Waals surface area contributed by atoms with Crippen LogP contribution in [0.3, 0.4) is 0 Å². The summed E-state index contributed by atoms with van der Waals surface area (Å²) in [4.78, 5) is 37.5. The highest BCUT2D eigenvalue weighted by molar-refractivity contribution is 7.99. The van der Waals surface area contributed by atoms with Crippen molar-refractivity contribution in [1.29, 1.82) is 0 Å². The number of hydrogen-bond acceptors (Lipinski definition) is 7. The van der Waals surface area contributed by atoms with Gasteiger partial charge in [0.05, 0.1) is 45.6 Å². The van der Waals surface area contributed by atoms with Crippen LogP contribution in [0, 0.1) is 0 Å². The van der Waals surface area contributed by atoms with E-state index in [4.69, 9.17) is 14.7 Å². The van der Waals surface area contributed by atoms with Gasteiger partial charge in [0.25, 0.3) is 5.56 Å². The van der Waals surface area contributed by atoms with Crippen molar-refractivity contribution in [2.45, 2.75) is 43.6 Å². The summed E-state index contributed by atoms with van der Waals surface area (Å²) in [5.41, 5.74) is 1.50. The molecule has 0 N–H and O–H groups in total. The maximum Gasteiger partial charge on any atom is 0.262 e. The minimum atomic E-state index is -0.149. The molecule has 4 aromatic rings. The van der Waals surface area contributed by atoms with Crippen molar-refractivity contribution < 1.29 is 9.53 Å². The summed E-state index contributed by atoms with van der Waals surface area (Å²) in [6, 6.07) is 15.2. The molecule has 2 aromatic heterocycles. The fraction of sp³-hybridized carbons (Fsp3) is 0.360. The Balaban J connectivity index is 1.35. The summed E-state index contributed by atoms with van der Waals surface area (Å²) in [5, 5.41) is 2.03. The number of carbonyl (C=O) groups excluding carboxylic acids is 1. The van der Waals surface area contributed by atoms with Crippen LogP contribution in [0.25, 0.3) is 21.1 Å². The summed E-state index contributed by atoms with van der Waals surface area (Å²) in [6.07, 6.45) is 1.91. The van der Waals surface area contributed by atoms with Crippen LogP contribution in [-0.4, -0.2) is 50.9 Å². The van der Waals surface area contributed by atoms with Gasteiger partial charge in [0.2, 0.25) is 5.91 Å². The van der Waals surface area contributed by atoms with Gasteiger partial charge in [-0.05, 0) is 44.0 Å². The minimum absolute atomic E-state index is 0.00237. The van der Waals surface area contributed by atoms with E-state index in [1.807, 2.05) is 49.4 Å². The van der Waals surface area contributed by atoms with E-state index >= 15 is 0 Å². The van der Waals surface area contributed by atoms with E-state index in [0.717, 1.165) is 34.7 Å². The Kier molecular flexibility index (Phi) is 6.67. The van der Waals surface area contributed by atoms with E-state index in [1.54, 1.807) is 33.9 Å². The highest BCUT2D eigenvalue weighted by Gasteiger charge is 2.23. The number of amides is 1. The zero-order valence-electron chi connectivity index (χ0n) is 19.1. The summed E-state index contributed by atoms with van der Waals surface area (Å²) in [5.74, 6) is 0.144. The molecule has 0 saturated carbocycles. The average Bonchev–Trinajstić information content (AvgIpc) is 3.53. The van der Waals surface area contributed by atoms with Gasteiger partial charge >= 0.3 is 0 Å². The van der Waals surface area contributed by atoms with Crippen molar-refractivity contribution in [1.82, 2.24) is 19.4 Å². The molecule has 1 fully saturated rings. The van der Waals surface area contributed by atoms with Crippen LogP contribution in [-0.2, 0) is 16.1 Å². The zero-order valence-corrected chi connectivity index (χ0v) is 20.8. The van der Waals surface area contributed by atoms with Crippen LogP contribution >= 0.6 is 23.1 Å². The molecule has 0 radical (unpaired) electrons. The van der Waals surface area contributed by atoms with Crippen LogP contribution in [0.4, 0.5) is 0 Å². The monoisotopic (exact) mass is 494 g/mol. The molecule has 1 amide bonds. The topological polar surface area (TPSA) is 77.3 Å². The predicted octanol–water partition coefficient (Wildman–Crippen LogP) is 4.50. The first-order chi connectivity index (χ1) is 16.5. The summed E-state index contributed by atoms with van der Waals surface area (Å²) in [6.45, 7) is 3.16. The van der Waals surface area contributed by atoms with E-state index in [1.165, 1.54) is 11.8 Å². The van der Waals surface area contributed by atoms with E-state index in [-0.39, 0.29) is 29.4 Å². The Morgan fingerprint density at radius 3 is 2.74 bits per heavy atom. The molecule has 1 saturated heterocycles. The number of nitrogens with zero attached hydrogens (tertiary/aromatic N) is 4. The van der Waals surface area contributed by atoms with Gasteiger partial charge < -0.3 is 9.64 Å². The molecular weight excluding hydrogens is 468 g/mol. The minimum Gasteiger partial charge on any atom is -0.376 e. The number of rotatable bonds is 7. The van der Waals surface area contributed by atoms with Gasteiger partial charge in [-0.3, -0.25) is 14.2 Å². The molecule has 3 heterocycles. The maximum atomic E-state index is 13.2. The average molecular weight is 495 g/mol. The third kappa shape index (κ3) is 4.60. The number of para-hydroxylation sites is 2. The Bertz CT molecular complexity index is 1360. The molecule has 34 heavy (non-hydrogen) atoms. The molecule has 2 atom stereocenters. The molecule has 1 aliphatic heterocycles. The lowest BCUT2D eigenvalue weighted by atomic mass is 10.2. The maximum absolute atomic E-state index is 13.2. The number of hydrogen-bond donors (Lipinski definition) is 0. The van der Waals surface area contributed by atoms with Gasteiger partial charge in [-0.15, -0.1) is 11.3 Å². The quantitative estimate of drug-likeness (QED) is 0.278. The Labute approximate surface area is 205 Å². The molecule has 0 spiro atoms. The van der Waals surface area contributed by atoms with E-state index in [2.05, 4.69) is 0 Å². The van der Waals surface area contributed by atoms with Crippen LogP contribution in [0.5, 0.6) is 0 Å². The number of carbonyl (C=O) groups is 1. The Morgan fingerprint density at radius 2 is 1.97 bits per heavy atom. The van der Waals surface area contributed by atoms with Crippen molar-refractivity contribution in [3.63, 3.8) is 0 Å². The Hall–Kier alpha value is -2.75. The first-order valence-corrected chi connectivity index (χ1v) is 13.2. The number of fused-ring (bicyclic) bond motifs is 2. The second-order valence-electron chi connectivity index (χ2n) is 8.45. The second-order valence-corrected chi connectivity index (χ2v) is 10.5. The number of thiazole rings is 1. The van der Waals surface area contributed by atoms with Gasteiger partial charge in [-0.2, -0.15) is 0 Å². The fourth-order valence-corrected chi connectivity index (χ4v) is 6.08. The highest BCUT2D eigenvalue weighted by atomic mass is 32.2. The third-order valence-corrected chi connectivity index (χ3v) is 8.37. The van der Waals surface area contributed by atoms with E-state index in [9.17, 15) is 9.59 Å².